The summed E-state index contributed by atoms with van der Waals surface area (Å²) in [5.41, 5.74) is 5.15. The number of carbonyl (C=O) groups excluding carboxylic acids is 1. The average Bonchev–Trinajstić information content (AvgIpc) is 2.35. The fourth-order valence-electron chi connectivity index (χ4n) is 0.601. The van der Waals surface area contributed by atoms with Gasteiger partial charge in [0.1, 0.15) is 5.69 Å². The van der Waals surface area contributed by atoms with E-state index in [2.05, 4.69) is 4.98 Å². The van der Waals surface area contributed by atoms with Gasteiger partial charge < -0.3 is 55.6 Å². The van der Waals surface area contributed by atoms with Gasteiger partial charge in [0.25, 0.3) is 0 Å². The Morgan fingerprint density at radius 2 is 1.33 bits per heavy atom. The Hall–Kier alpha value is -1.57. The number of carboxylic acids is 1. The van der Waals surface area contributed by atoms with Gasteiger partial charge >= 0.3 is 0 Å². The van der Waals surface area contributed by atoms with Crippen molar-refractivity contribution >= 4 is 23.3 Å². The number of carbonyl (C=O) groups is 1. The van der Waals surface area contributed by atoms with Gasteiger partial charge in [-0.15, -0.1) is 19.8 Å². The number of halogens is 1. The third-order valence-electron chi connectivity index (χ3n) is 1.11. The van der Waals surface area contributed by atoms with E-state index >= 15 is 0 Å². The highest BCUT2D eigenvalue weighted by molar-refractivity contribution is 6.35. The molecule has 0 bridgehead atoms. The molecular weight excluding hydrogens is 344 g/mol. The second-order valence-corrected chi connectivity index (χ2v) is 3.09. The van der Waals surface area contributed by atoms with Crippen LogP contribution in [0.2, 0.25) is 5.02 Å². The maximum Gasteiger partial charge on any atom is 0.106 e. The number of carboxylic acid groups (broad SMARTS) is 1. The minimum absolute atomic E-state index is 0. The molecule has 0 saturated heterocycles. The number of anilines is 1. The van der Waals surface area contributed by atoms with Crippen molar-refractivity contribution < 1.29 is 25.2 Å². The number of nitrogen functional groups attached to an aromatic ring is 1. The predicted octanol–water partition coefficient (Wildman–Crippen LogP) is -0.715. The van der Waals surface area contributed by atoms with Crippen LogP contribution in [0.4, 0.5) is 5.69 Å². The number of pyridine rings is 1. The van der Waals surface area contributed by atoms with Gasteiger partial charge in [-0.3, -0.25) is 4.98 Å². The van der Waals surface area contributed by atoms with Gasteiger partial charge in [0, 0.05) is 6.20 Å². The van der Waals surface area contributed by atoms with Crippen molar-refractivity contribution in [2.24, 2.45) is 0 Å². The summed E-state index contributed by atoms with van der Waals surface area (Å²) >= 11 is 5.48. The van der Waals surface area contributed by atoms with E-state index in [0.29, 0.717) is 0 Å². The van der Waals surface area contributed by atoms with E-state index in [1.165, 1.54) is 12.3 Å². The molecule has 18 N–H and O–H groups in total. The molecule has 1 aromatic heterocycles. The third-order valence-corrected chi connectivity index (χ3v) is 1.51. The lowest BCUT2D eigenvalue weighted by Crippen LogP contribution is -2.24. The lowest BCUT2D eigenvalue weighted by molar-refractivity contribution is -0.362. The molecule has 12 heteroatoms. The maximum absolute atomic E-state index is 10.3. The molecule has 0 saturated carbocycles. The Morgan fingerprint density at radius 3 is 1.54 bits per heavy atom. The Labute approximate surface area is 148 Å². The number of hydrogen-bond donors (Lipinski definition) is 5. The fraction of sp³-hybridized carbons (Fsp3) is 0.500. The predicted molar refractivity (Wildman–Crippen MR) is 93.6 cm³/mol. The Morgan fingerprint density at radius 1 is 1.04 bits per heavy atom. The van der Waals surface area contributed by atoms with Gasteiger partial charge in [-0.05, 0) is 6.07 Å². The van der Waals surface area contributed by atoms with Crippen LogP contribution in [0.5, 0.6) is 0 Å². The Kier molecular flexibility index (Phi) is 59.7. The number of hydrogen-bond acceptors (Lipinski definition) is 7. The van der Waals surface area contributed by atoms with E-state index in [1.807, 2.05) is 0 Å². The van der Waals surface area contributed by atoms with Crippen molar-refractivity contribution in [1.29, 1.82) is 0 Å². The van der Waals surface area contributed by atoms with Crippen molar-refractivity contribution in [2.75, 3.05) is 25.6 Å². The zero-order valence-electron chi connectivity index (χ0n) is 15.7. The van der Waals surface area contributed by atoms with Crippen LogP contribution >= 0.6 is 11.6 Å². The highest BCUT2D eigenvalue weighted by atomic mass is 35.5. The highest BCUT2D eigenvalue weighted by Crippen LogP contribution is 2.19. The first-order valence-corrected chi connectivity index (χ1v) is 6.11. The fourth-order valence-corrected chi connectivity index (χ4v) is 0.790. The summed E-state index contributed by atoms with van der Waals surface area (Å²) in [5, 5.41) is 37.0. The van der Waals surface area contributed by atoms with Gasteiger partial charge in [-0.25, -0.2) is 0 Å². The third kappa shape index (κ3) is 28.6. The number of nitrogens with zero attached hydrogens (tertiary/aromatic N) is 1. The molecule has 0 aromatic carbocycles. The summed E-state index contributed by atoms with van der Waals surface area (Å²) in [6.45, 7) is 4.71. The van der Waals surface area contributed by atoms with Crippen LogP contribution in [0, 0.1) is 0 Å². The minimum atomic E-state index is -1.43. The molecule has 0 aliphatic carbocycles. The van der Waals surface area contributed by atoms with Crippen LogP contribution in [-0.4, -0.2) is 30.8 Å². The highest BCUT2D eigenvalue weighted by Gasteiger charge is 2.04. The molecule has 0 amide bonds. The lowest BCUT2D eigenvalue weighted by atomic mass is 10.3. The van der Waals surface area contributed by atoms with Crippen molar-refractivity contribution in [3.05, 3.63) is 23.0 Å². The van der Waals surface area contributed by atoms with Crippen LogP contribution in [0.3, 0.4) is 0 Å². The monoisotopic (exact) mass is 378 g/mol. The number of aromatic carboxylic acids is 1. The van der Waals surface area contributed by atoms with E-state index in [9.17, 15) is 9.90 Å². The number of aromatic nitrogens is 1. The maximum atomic E-state index is 10.3. The quantitative estimate of drug-likeness (QED) is 0.416. The van der Waals surface area contributed by atoms with Crippen LogP contribution in [0.25, 0.3) is 0 Å². The Bertz CT molecular complexity index is 356. The van der Waals surface area contributed by atoms with E-state index < -0.39 is 5.97 Å². The second-order valence-electron chi connectivity index (χ2n) is 2.72. The molecule has 0 atom stereocenters. The van der Waals surface area contributed by atoms with Gasteiger partial charge in [0.05, 0.1) is 16.7 Å². The van der Waals surface area contributed by atoms with Crippen LogP contribution in [-0.2, 0) is 0 Å². The molecule has 0 unspecified atom stereocenters. The average molecular weight is 379 g/mol. The van der Waals surface area contributed by atoms with Gasteiger partial charge in [-0.1, -0.05) is 32.4 Å². The number of rotatable bonds is 1. The normalized spacial score (nSPS) is 6.62. The van der Waals surface area contributed by atoms with Crippen molar-refractivity contribution in [3.63, 3.8) is 0 Å². The van der Waals surface area contributed by atoms with E-state index in [-0.39, 0.29) is 60.8 Å². The summed E-state index contributed by atoms with van der Waals surface area (Å²) in [4.78, 5) is 13.7. The van der Waals surface area contributed by atoms with Crippen LogP contribution in [0.15, 0.2) is 12.3 Å². The first-order valence-electron chi connectivity index (χ1n) is 5.73. The second kappa shape index (κ2) is 33.1. The first-order chi connectivity index (χ1) is 9.37. The molecule has 1 rings (SSSR count). The van der Waals surface area contributed by atoms with E-state index in [0.717, 1.165) is 0 Å². The molecule has 1 heterocycles. The van der Waals surface area contributed by atoms with Gasteiger partial charge in [0.15, 0.2) is 0 Å². The summed E-state index contributed by atoms with van der Waals surface area (Å²) in [5.74, 6) is -1.43. The number of nitrogens with two attached hydrogens (primary N) is 1. The van der Waals surface area contributed by atoms with Gasteiger partial charge in [0.2, 0.25) is 0 Å². The largest absolute Gasteiger partial charge is 0.855 e. The van der Waals surface area contributed by atoms with E-state index in [4.69, 9.17) is 32.7 Å². The molecule has 0 radical (unpaired) electrons. The molecular formula is C12H35ClN6O5. The van der Waals surface area contributed by atoms with E-state index in [1.54, 1.807) is 20.8 Å². The van der Waals surface area contributed by atoms with Crippen molar-refractivity contribution in [3.8, 4) is 0 Å². The Balaban J connectivity index is -0.0000000385. The minimum Gasteiger partial charge on any atom is -0.855 e. The van der Waals surface area contributed by atoms with Crippen molar-refractivity contribution in [1.82, 2.24) is 29.6 Å². The van der Waals surface area contributed by atoms with Crippen LogP contribution in [0.1, 0.15) is 31.3 Å². The summed E-state index contributed by atoms with van der Waals surface area (Å²) < 4.78 is 0. The molecule has 150 valence electrons. The molecule has 0 aliphatic heterocycles. The topological polar surface area (TPSA) is 294 Å². The molecule has 0 aliphatic rings. The first kappa shape index (κ1) is 43.3. The summed E-state index contributed by atoms with van der Waals surface area (Å²) in [6, 6.07) is 1.41. The number of quaternary nitrogens is 4. The standard InChI is InChI=1S/C6H5ClN2O2.3C2H5O.4H3N/c7-4-3(8)1-2-9-5(4)6(10)11;3*1-2-3;;;;/h1-2H,(H2,8,9)(H,10,11);3*2H2,1H3;4*1H3/q;3*-1;;;;/p+3. The smallest absolute Gasteiger partial charge is 0.106 e. The summed E-state index contributed by atoms with van der Waals surface area (Å²) in [6.07, 6.45) is 1.26. The molecule has 0 fully saturated rings. The lowest BCUT2D eigenvalue weighted by Gasteiger charge is -2.04. The zero-order valence-corrected chi connectivity index (χ0v) is 16.5. The van der Waals surface area contributed by atoms with Crippen molar-refractivity contribution in [2.45, 2.75) is 20.8 Å². The molecule has 11 nitrogen and oxygen atoms in total. The van der Waals surface area contributed by atoms with Crippen LogP contribution < -0.4 is 50.8 Å². The SMILES string of the molecule is CC[O-].CC[O-].CC[O-].Nc1ccnc(C(=O)[O-])c1Cl.[NH4+].[NH4+].[NH4+].[NH4+]. The zero-order chi connectivity index (χ0) is 16.6. The molecule has 24 heavy (non-hydrogen) atoms. The summed E-state index contributed by atoms with van der Waals surface area (Å²) in [7, 11) is 0. The van der Waals surface area contributed by atoms with Gasteiger partial charge in [-0.2, -0.15) is 0 Å². The molecule has 1 aromatic rings. The molecule has 0 spiro atoms.